The highest BCUT2D eigenvalue weighted by atomic mass is 19.4. The van der Waals surface area contributed by atoms with Crippen LogP contribution in [0.15, 0.2) is 6.20 Å². The summed E-state index contributed by atoms with van der Waals surface area (Å²) < 4.78 is 45.0. The van der Waals surface area contributed by atoms with Gasteiger partial charge in [-0.25, -0.2) is 4.98 Å². The van der Waals surface area contributed by atoms with Gasteiger partial charge in [0.25, 0.3) is 0 Å². The largest absolute Gasteiger partial charge is 0.434 e. The van der Waals surface area contributed by atoms with E-state index in [9.17, 15) is 18.0 Å². The van der Waals surface area contributed by atoms with Gasteiger partial charge in [-0.05, 0) is 25.7 Å². The van der Waals surface area contributed by atoms with Gasteiger partial charge in [0.05, 0.1) is 12.0 Å². The smallest absolute Gasteiger partial charge is 0.378 e. The molecule has 128 valence electrons. The van der Waals surface area contributed by atoms with Crippen LogP contribution in [0.5, 0.6) is 0 Å². The summed E-state index contributed by atoms with van der Waals surface area (Å²) in [5.41, 5.74) is -0.839. The second-order valence-electron chi connectivity index (χ2n) is 6.31. The molecule has 2 aliphatic heterocycles. The zero-order valence-electron chi connectivity index (χ0n) is 12.9. The molecule has 0 aliphatic carbocycles. The average Bonchev–Trinajstić information content (AvgIpc) is 3.09. The van der Waals surface area contributed by atoms with Gasteiger partial charge in [-0.15, -0.1) is 0 Å². The molecule has 1 saturated heterocycles. The maximum Gasteiger partial charge on any atom is 0.434 e. The number of carbonyl (C=O) groups is 1. The van der Waals surface area contributed by atoms with Crippen LogP contribution in [0.1, 0.15) is 31.3 Å². The van der Waals surface area contributed by atoms with Crippen molar-refractivity contribution in [1.82, 2.24) is 14.9 Å². The van der Waals surface area contributed by atoms with Crippen LogP contribution in [0.3, 0.4) is 0 Å². The van der Waals surface area contributed by atoms with Gasteiger partial charge in [-0.3, -0.25) is 4.79 Å². The molecule has 2 aliphatic rings. The Morgan fingerprint density at radius 2 is 2.26 bits per heavy atom. The van der Waals surface area contributed by atoms with E-state index in [2.05, 4.69) is 10.3 Å². The van der Waals surface area contributed by atoms with Crippen molar-refractivity contribution in [2.75, 3.05) is 13.2 Å². The number of aromatic nitrogens is 2. The molecule has 0 radical (unpaired) electrons. The van der Waals surface area contributed by atoms with Crippen LogP contribution in [0, 0.1) is 11.8 Å². The van der Waals surface area contributed by atoms with Crippen LogP contribution in [-0.2, 0) is 28.7 Å². The van der Waals surface area contributed by atoms with Crippen LogP contribution < -0.4 is 5.32 Å². The standard InChI is InChI=1S/C15H20F3N3O2/c1-9-11(4-5-23-9)14(22)19-6-10-2-3-13-20-12(15(16,17)18)8-21(13)7-10/h8-11H,2-7H2,1H3,(H,19,22). The third-order valence-electron chi connectivity index (χ3n) is 4.66. The van der Waals surface area contributed by atoms with Gasteiger partial charge in [-0.1, -0.05) is 0 Å². The molecule has 1 aromatic rings. The third kappa shape index (κ3) is 3.52. The molecule has 3 rings (SSSR count). The molecule has 1 aromatic heterocycles. The van der Waals surface area contributed by atoms with Gasteiger partial charge in [-0.2, -0.15) is 13.2 Å². The Kier molecular flexibility index (Phi) is 4.35. The van der Waals surface area contributed by atoms with Crippen LogP contribution in [-0.4, -0.2) is 34.7 Å². The second-order valence-corrected chi connectivity index (χ2v) is 6.31. The monoisotopic (exact) mass is 331 g/mol. The van der Waals surface area contributed by atoms with Crippen LogP contribution in [0.25, 0.3) is 0 Å². The molecule has 1 fully saturated rings. The molecular weight excluding hydrogens is 311 g/mol. The molecule has 5 nitrogen and oxygen atoms in total. The lowest BCUT2D eigenvalue weighted by Crippen LogP contribution is -2.38. The van der Waals surface area contributed by atoms with Gasteiger partial charge in [0, 0.05) is 32.3 Å². The summed E-state index contributed by atoms with van der Waals surface area (Å²) >= 11 is 0. The van der Waals surface area contributed by atoms with Crippen LogP contribution in [0.4, 0.5) is 13.2 Å². The highest BCUT2D eigenvalue weighted by Crippen LogP contribution is 2.30. The SMILES string of the molecule is CC1OCCC1C(=O)NCC1CCc2nc(C(F)(F)F)cn2C1. The second kappa shape index (κ2) is 6.14. The Labute approximate surface area is 132 Å². The number of hydrogen-bond acceptors (Lipinski definition) is 3. The fraction of sp³-hybridized carbons (Fsp3) is 0.733. The van der Waals surface area contributed by atoms with E-state index in [-0.39, 0.29) is 23.8 Å². The number of alkyl halides is 3. The molecule has 0 aromatic carbocycles. The number of ether oxygens (including phenoxy) is 1. The molecule has 3 atom stereocenters. The minimum atomic E-state index is -4.41. The number of imidazole rings is 1. The van der Waals surface area contributed by atoms with Crippen molar-refractivity contribution in [2.24, 2.45) is 11.8 Å². The number of aryl methyl sites for hydroxylation is 1. The third-order valence-corrected chi connectivity index (χ3v) is 4.66. The molecule has 0 bridgehead atoms. The number of amides is 1. The number of fused-ring (bicyclic) bond motifs is 1. The molecule has 23 heavy (non-hydrogen) atoms. The van der Waals surface area contributed by atoms with Crippen molar-refractivity contribution < 1.29 is 22.7 Å². The van der Waals surface area contributed by atoms with Crippen molar-refractivity contribution in [3.63, 3.8) is 0 Å². The Morgan fingerprint density at radius 3 is 2.91 bits per heavy atom. The van der Waals surface area contributed by atoms with Gasteiger partial charge in [0.1, 0.15) is 5.82 Å². The van der Waals surface area contributed by atoms with Crippen molar-refractivity contribution in [2.45, 2.75) is 45.0 Å². The number of carbonyl (C=O) groups excluding carboxylic acids is 1. The Balaban J connectivity index is 1.55. The summed E-state index contributed by atoms with van der Waals surface area (Å²) in [6.07, 6.45) is -1.47. The fourth-order valence-electron chi connectivity index (χ4n) is 3.27. The zero-order valence-corrected chi connectivity index (χ0v) is 12.9. The van der Waals surface area contributed by atoms with Gasteiger partial charge >= 0.3 is 6.18 Å². The summed E-state index contributed by atoms with van der Waals surface area (Å²) in [7, 11) is 0. The minimum absolute atomic E-state index is 0.0255. The van der Waals surface area contributed by atoms with Crippen molar-refractivity contribution in [3.05, 3.63) is 17.7 Å². The van der Waals surface area contributed by atoms with Gasteiger partial charge in [0.2, 0.25) is 5.91 Å². The van der Waals surface area contributed by atoms with E-state index < -0.39 is 11.9 Å². The summed E-state index contributed by atoms with van der Waals surface area (Å²) in [5.74, 6) is 0.443. The molecule has 8 heteroatoms. The zero-order chi connectivity index (χ0) is 16.6. The Morgan fingerprint density at radius 1 is 1.48 bits per heavy atom. The first kappa shape index (κ1) is 16.3. The molecule has 0 saturated carbocycles. The van der Waals surface area contributed by atoms with Crippen LogP contribution in [0.2, 0.25) is 0 Å². The Hall–Kier alpha value is -1.57. The average molecular weight is 331 g/mol. The highest BCUT2D eigenvalue weighted by molar-refractivity contribution is 5.79. The normalized spacial score (nSPS) is 27.7. The molecule has 3 heterocycles. The molecule has 1 N–H and O–H groups in total. The molecular formula is C15H20F3N3O2. The molecule has 0 spiro atoms. The van der Waals surface area contributed by atoms with E-state index in [1.54, 1.807) is 4.57 Å². The molecule has 3 unspecified atom stereocenters. The highest BCUT2D eigenvalue weighted by Gasteiger charge is 2.36. The number of nitrogens with zero attached hydrogens (tertiary/aromatic N) is 2. The maximum atomic E-state index is 12.7. The molecule has 1 amide bonds. The van der Waals surface area contributed by atoms with E-state index in [1.807, 2.05) is 6.92 Å². The fourth-order valence-corrected chi connectivity index (χ4v) is 3.27. The lowest BCUT2D eigenvalue weighted by Gasteiger charge is -2.24. The quantitative estimate of drug-likeness (QED) is 0.922. The predicted molar refractivity (Wildman–Crippen MR) is 75.6 cm³/mol. The van der Waals surface area contributed by atoms with E-state index >= 15 is 0 Å². The lowest BCUT2D eigenvalue weighted by atomic mass is 9.98. The Bertz CT molecular complexity index is 585. The van der Waals surface area contributed by atoms with Crippen molar-refractivity contribution in [3.8, 4) is 0 Å². The summed E-state index contributed by atoms with van der Waals surface area (Å²) in [5, 5.41) is 2.92. The van der Waals surface area contributed by atoms with Crippen LogP contribution >= 0.6 is 0 Å². The minimum Gasteiger partial charge on any atom is -0.378 e. The number of hydrogen-bond donors (Lipinski definition) is 1. The van der Waals surface area contributed by atoms with E-state index in [1.165, 1.54) is 0 Å². The number of nitrogens with one attached hydrogen (secondary N) is 1. The van der Waals surface area contributed by atoms with Crippen molar-refractivity contribution >= 4 is 5.91 Å². The van der Waals surface area contributed by atoms with E-state index in [0.717, 1.165) is 19.0 Å². The summed E-state index contributed by atoms with van der Waals surface area (Å²) in [4.78, 5) is 15.8. The first-order chi connectivity index (χ1) is 10.8. The first-order valence-electron chi connectivity index (χ1n) is 7.87. The first-order valence-corrected chi connectivity index (χ1v) is 7.87. The summed E-state index contributed by atoms with van der Waals surface area (Å²) in [6.45, 7) is 3.41. The number of halogens is 3. The predicted octanol–water partition coefficient (Wildman–Crippen LogP) is 2.01. The lowest BCUT2D eigenvalue weighted by molar-refractivity contribution is -0.141. The maximum absolute atomic E-state index is 12.7. The van der Waals surface area contributed by atoms with E-state index in [4.69, 9.17) is 4.74 Å². The van der Waals surface area contributed by atoms with Gasteiger partial charge < -0.3 is 14.6 Å². The number of rotatable bonds is 3. The topological polar surface area (TPSA) is 56.1 Å². The van der Waals surface area contributed by atoms with Gasteiger partial charge in [0.15, 0.2) is 5.69 Å². The van der Waals surface area contributed by atoms with E-state index in [0.29, 0.717) is 31.9 Å². The van der Waals surface area contributed by atoms with Crippen molar-refractivity contribution in [1.29, 1.82) is 0 Å². The summed E-state index contributed by atoms with van der Waals surface area (Å²) in [6, 6.07) is 0.